The van der Waals surface area contributed by atoms with Crippen LogP contribution in [0, 0.1) is 15.3 Å². The third-order valence-electron chi connectivity index (χ3n) is 4.36. The van der Waals surface area contributed by atoms with E-state index in [1.165, 1.54) is 16.9 Å². The summed E-state index contributed by atoms with van der Waals surface area (Å²) >= 11 is 8.60. The molecular weight excluding hydrogens is 444 g/mol. The normalized spacial score (nSPS) is 10.4. The molecule has 0 aliphatic heterocycles. The highest BCUT2D eigenvalue weighted by atomic mass is 32.2. The number of anilines is 1. The fourth-order valence-electron chi connectivity index (χ4n) is 2.83. The van der Waals surface area contributed by atoms with Gasteiger partial charge in [-0.05, 0) is 60.2 Å². The first kappa shape index (κ1) is 21.0. The third kappa shape index (κ3) is 5.27. The third-order valence-corrected chi connectivity index (χ3v) is 6.79. The van der Waals surface area contributed by atoms with Crippen molar-refractivity contribution in [1.29, 1.82) is 5.26 Å². The standard InChI is InChI=1S/C23H16N4OS3/c24-14-17-7-4-8-19(13-17)25-21(28)18-9-11-20(12-10-18)27-23(29)31-22(26-27)30-15-16-5-2-1-3-6-16/h1-13H,15H2,(H,25,28). The molecule has 0 atom stereocenters. The maximum absolute atomic E-state index is 12.5. The number of benzene rings is 3. The number of amides is 1. The Balaban J connectivity index is 1.45. The van der Waals surface area contributed by atoms with E-state index in [0.717, 1.165) is 15.8 Å². The maximum Gasteiger partial charge on any atom is 0.255 e. The van der Waals surface area contributed by atoms with E-state index in [1.54, 1.807) is 52.8 Å². The van der Waals surface area contributed by atoms with Crippen LogP contribution in [0.1, 0.15) is 21.5 Å². The van der Waals surface area contributed by atoms with E-state index in [1.807, 2.05) is 30.3 Å². The molecule has 1 heterocycles. The van der Waals surface area contributed by atoms with Crippen LogP contribution in [0.2, 0.25) is 0 Å². The molecule has 0 fully saturated rings. The first-order chi connectivity index (χ1) is 15.1. The smallest absolute Gasteiger partial charge is 0.255 e. The van der Waals surface area contributed by atoms with Crippen LogP contribution >= 0.6 is 35.3 Å². The van der Waals surface area contributed by atoms with Gasteiger partial charge in [-0.1, -0.05) is 59.5 Å². The molecule has 1 amide bonds. The van der Waals surface area contributed by atoms with E-state index >= 15 is 0 Å². The number of nitrogens with zero attached hydrogens (tertiary/aromatic N) is 3. The lowest BCUT2D eigenvalue weighted by atomic mass is 10.1. The second-order valence-electron chi connectivity index (χ2n) is 6.51. The van der Waals surface area contributed by atoms with Crippen molar-refractivity contribution in [3.05, 3.63) is 99.5 Å². The fourth-order valence-corrected chi connectivity index (χ4v) is 5.14. The summed E-state index contributed by atoms with van der Waals surface area (Å²) in [6.07, 6.45) is 0. The first-order valence-corrected chi connectivity index (χ1v) is 11.5. The SMILES string of the molecule is N#Cc1cccc(NC(=O)c2ccc(-n3nc(SCc4ccccc4)sc3=S)cc2)c1. The second-order valence-corrected chi connectivity index (χ2v) is 9.36. The van der Waals surface area contributed by atoms with Crippen molar-refractivity contribution in [2.45, 2.75) is 10.1 Å². The van der Waals surface area contributed by atoms with Crippen LogP contribution in [0.15, 0.2) is 83.2 Å². The Kier molecular flexibility index (Phi) is 6.57. The molecule has 31 heavy (non-hydrogen) atoms. The molecule has 4 aromatic rings. The highest BCUT2D eigenvalue weighted by molar-refractivity contribution is 8.00. The van der Waals surface area contributed by atoms with Crippen LogP contribution in [-0.4, -0.2) is 15.7 Å². The topological polar surface area (TPSA) is 70.7 Å². The Labute approximate surface area is 193 Å². The van der Waals surface area contributed by atoms with Gasteiger partial charge >= 0.3 is 0 Å². The summed E-state index contributed by atoms with van der Waals surface area (Å²) in [5, 5.41) is 16.4. The van der Waals surface area contributed by atoms with Gasteiger partial charge in [0, 0.05) is 17.0 Å². The zero-order valence-electron chi connectivity index (χ0n) is 16.2. The zero-order chi connectivity index (χ0) is 21.6. The van der Waals surface area contributed by atoms with Crippen molar-refractivity contribution in [3.63, 3.8) is 0 Å². The maximum atomic E-state index is 12.5. The average Bonchev–Trinajstić information content (AvgIpc) is 3.19. The molecule has 0 saturated carbocycles. The van der Waals surface area contributed by atoms with Crippen molar-refractivity contribution < 1.29 is 4.79 Å². The monoisotopic (exact) mass is 460 g/mol. The van der Waals surface area contributed by atoms with Gasteiger partial charge in [-0.3, -0.25) is 4.79 Å². The number of nitrogens with one attached hydrogen (secondary N) is 1. The number of carbonyl (C=O) groups is 1. The van der Waals surface area contributed by atoms with E-state index < -0.39 is 0 Å². The largest absolute Gasteiger partial charge is 0.322 e. The minimum atomic E-state index is -0.248. The molecule has 5 nitrogen and oxygen atoms in total. The van der Waals surface area contributed by atoms with Gasteiger partial charge < -0.3 is 5.32 Å². The van der Waals surface area contributed by atoms with Crippen molar-refractivity contribution in [2.75, 3.05) is 5.32 Å². The molecule has 0 saturated heterocycles. The Hall–Kier alpha value is -3.25. The van der Waals surface area contributed by atoms with Crippen molar-refractivity contribution in [2.24, 2.45) is 0 Å². The number of hydrogen-bond acceptors (Lipinski definition) is 6. The summed E-state index contributed by atoms with van der Waals surface area (Å²) in [6, 6.07) is 26.2. The summed E-state index contributed by atoms with van der Waals surface area (Å²) < 4.78 is 3.26. The Morgan fingerprint density at radius 1 is 1.10 bits per heavy atom. The number of aromatic nitrogens is 2. The van der Waals surface area contributed by atoms with Gasteiger partial charge in [0.05, 0.1) is 17.3 Å². The van der Waals surface area contributed by atoms with E-state index in [-0.39, 0.29) is 5.91 Å². The van der Waals surface area contributed by atoms with Gasteiger partial charge in [0.25, 0.3) is 5.91 Å². The molecule has 8 heteroatoms. The van der Waals surface area contributed by atoms with Crippen molar-refractivity contribution in [3.8, 4) is 11.8 Å². The van der Waals surface area contributed by atoms with Crippen LogP contribution in [0.25, 0.3) is 5.69 Å². The second kappa shape index (κ2) is 9.71. The average molecular weight is 461 g/mol. The molecule has 0 aliphatic carbocycles. The molecular formula is C23H16N4OS3. The lowest BCUT2D eigenvalue weighted by Crippen LogP contribution is -2.12. The Morgan fingerprint density at radius 3 is 2.61 bits per heavy atom. The quantitative estimate of drug-likeness (QED) is 0.279. The van der Waals surface area contributed by atoms with Crippen LogP contribution in [0.5, 0.6) is 0 Å². The molecule has 1 aromatic heterocycles. The highest BCUT2D eigenvalue weighted by Crippen LogP contribution is 2.27. The number of carbonyl (C=O) groups excluding carboxylic acids is 1. The predicted octanol–water partition coefficient (Wildman–Crippen LogP) is 6.08. The van der Waals surface area contributed by atoms with Crippen LogP contribution in [0.4, 0.5) is 5.69 Å². The molecule has 1 N–H and O–H groups in total. The molecule has 152 valence electrons. The Morgan fingerprint density at radius 2 is 1.87 bits per heavy atom. The van der Waals surface area contributed by atoms with Gasteiger partial charge in [0.1, 0.15) is 0 Å². The van der Waals surface area contributed by atoms with Crippen molar-refractivity contribution in [1.82, 2.24) is 9.78 Å². The molecule has 0 bridgehead atoms. The van der Waals surface area contributed by atoms with E-state index in [2.05, 4.69) is 28.6 Å². The summed E-state index contributed by atoms with van der Waals surface area (Å²) in [6.45, 7) is 0. The molecule has 3 aromatic carbocycles. The molecule has 0 spiro atoms. The zero-order valence-corrected chi connectivity index (χ0v) is 18.6. The van der Waals surface area contributed by atoms with Gasteiger partial charge in [0.15, 0.2) is 8.29 Å². The number of thioether (sulfide) groups is 1. The van der Waals surface area contributed by atoms with Gasteiger partial charge in [-0.25, -0.2) is 4.68 Å². The summed E-state index contributed by atoms with van der Waals surface area (Å²) in [5.41, 5.74) is 3.61. The Bertz CT molecular complexity index is 1310. The molecule has 4 rings (SSSR count). The number of rotatable bonds is 6. The summed E-state index contributed by atoms with van der Waals surface area (Å²) in [5.74, 6) is 0.581. The lowest BCUT2D eigenvalue weighted by molar-refractivity contribution is 0.102. The van der Waals surface area contributed by atoms with Crippen LogP contribution < -0.4 is 5.32 Å². The number of nitriles is 1. The lowest BCUT2D eigenvalue weighted by Gasteiger charge is -2.07. The van der Waals surface area contributed by atoms with Gasteiger partial charge in [-0.2, -0.15) is 5.26 Å². The molecule has 0 aliphatic rings. The summed E-state index contributed by atoms with van der Waals surface area (Å²) in [7, 11) is 0. The van der Waals surface area contributed by atoms with Gasteiger partial charge in [-0.15, -0.1) is 5.10 Å². The summed E-state index contributed by atoms with van der Waals surface area (Å²) in [4.78, 5) is 12.5. The number of hydrogen-bond donors (Lipinski definition) is 1. The van der Waals surface area contributed by atoms with E-state index in [9.17, 15) is 4.79 Å². The minimum Gasteiger partial charge on any atom is -0.322 e. The van der Waals surface area contributed by atoms with E-state index in [4.69, 9.17) is 17.5 Å². The molecule has 0 unspecified atom stereocenters. The predicted molar refractivity (Wildman–Crippen MR) is 127 cm³/mol. The van der Waals surface area contributed by atoms with Crippen LogP contribution in [0.3, 0.4) is 0 Å². The highest BCUT2D eigenvalue weighted by Gasteiger charge is 2.10. The minimum absolute atomic E-state index is 0.248. The van der Waals surface area contributed by atoms with Gasteiger partial charge in [0.2, 0.25) is 0 Å². The molecule has 0 radical (unpaired) electrons. The first-order valence-electron chi connectivity index (χ1n) is 9.31. The fraction of sp³-hybridized carbons (Fsp3) is 0.0435. The van der Waals surface area contributed by atoms with Crippen LogP contribution in [-0.2, 0) is 5.75 Å². The van der Waals surface area contributed by atoms with E-state index in [0.29, 0.717) is 20.8 Å². The van der Waals surface area contributed by atoms with Crippen molar-refractivity contribution >= 4 is 46.9 Å².